The quantitative estimate of drug-likeness (QED) is 0.485. The monoisotopic (exact) mass is 606 g/mol. The predicted molar refractivity (Wildman–Crippen MR) is 161 cm³/mol. The van der Waals surface area contributed by atoms with Gasteiger partial charge in [0.1, 0.15) is 0 Å². The number of rotatable bonds is 7. The van der Waals surface area contributed by atoms with Gasteiger partial charge in [-0.05, 0) is 56.8 Å². The Kier molecular flexibility index (Phi) is 12.1. The number of carbonyl (C=O) groups is 2. The lowest BCUT2D eigenvalue weighted by molar-refractivity contribution is -0.127. The molecule has 2 saturated heterocycles. The maximum absolute atomic E-state index is 12.3. The molecule has 1 N–H and O–H groups in total. The normalized spacial score (nSPS) is 19.6. The summed E-state index contributed by atoms with van der Waals surface area (Å²) in [7, 11) is 3.12. The van der Waals surface area contributed by atoms with Gasteiger partial charge in [-0.1, -0.05) is 54.4 Å². The number of amides is 2. The molecule has 3 aliphatic heterocycles. The van der Waals surface area contributed by atoms with Crippen molar-refractivity contribution in [3.05, 3.63) is 81.0 Å². The minimum atomic E-state index is -0.540. The first-order chi connectivity index (χ1) is 19.5. The van der Waals surface area contributed by atoms with E-state index in [0.717, 1.165) is 31.0 Å². The molecule has 0 radical (unpaired) electrons. The molecule has 1 aromatic rings. The summed E-state index contributed by atoms with van der Waals surface area (Å²) in [5, 5.41) is 10.5. The molecule has 3 heterocycles. The number of allylic oxidation sites excluding steroid dienone is 2. The second kappa shape index (κ2) is 15.3. The molecule has 2 amide bonds. The van der Waals surface area contributed by atoms with Gasteiger partial charge in [-0.2, -0.15) is 0 Å². The van der Waals surface area contributed by atoms with Gasteiger partial charge in [0.15, 0.2) is 17.3 Å². The third-order valence-electron chi connectivity index (χ3n) is 7.08. The third-order valence-corrected chi connectivity index (χ3v) is 7.82. The van der Waals surface area contributed by atoms with Gasteiger partial charge in [0.2, 0.25) is 6.79 Å². The van der Waals surface area contributed by atoms with Crippen molar-refractivity contribution in [2.75, 3.05) is 66.7 Å². The molecule has 0 aromatic heterocycles. The Morgan fingerprint density at radius 2 is 1.85 bits per heavy atom. The summed E-state index contributed by atoms with van der Waals surface area (Å²) in [5.74, 6) is -0.0409. The highest BCUT2D eigenvalue weighted by Gasteiger charge is 2.33. The lowest BCUT2D eigenvalue weighted by Crippen LogP contribution is -2.31. The fourth-order valence-corrected chi connectivity index (χ4v) is 4.98. The minimum Gasteiger partial charge on any atom is -0.503 e. The molecule has 2 fully saturated rings. The number of ether oxygens (including phenoxy) is 2. The van der Waals surface area contributed by atoms with Crippen LogP contribution in [-0.2, 0) is 25.6 Å². The van der Waals surface area contributed by atoms with Gasteiger partial charge in [-0.3, -0.25) is 14.5 Å². The van der Waals surface area contributed by atoms with E-state index in [1.165, 1.54) is 48.5 Å². The number of benzene rings is 1. The molecule has 0 unspecified atom stereocenters. The van der Waals surface area contributed by atoms with Gasteiger partial charge in [0.25, 0.3) is 11.8 Å². The molecule has 0 aliphatic carbocycles. The zero-order chi connectivity index (χ0) is 30.1. The van der Waals surface area contributed by atoms with E-state index < -0.39 is 17.6 Å². The number of hydrogen-bond acceptors (Lipinski definition) is 7. The highest BCUT2D eigenvalue weighted by Crippen LogP contribution is 2.24. The van der Waals surface area contributed by atoms with E-state index in [2.05, 4.69) is 36.3 Å². The Balaban J connectivity index is 0.000000226. The summed E-state index contributed by atoms with van der Waals surface area (Å²) < 4.78 is 10.5. The van der Waals surface area contributed by atoms with Crippen LogP contribution in [0.4, 0.5) is 0 Å². The zero-order valence-electron chi connectivity index (χ0n) is 24.3. The molecule has 0 spiro atoms. The fourth-order valence-electron chi connectivity index (χ4n) is 4.66. The molecule has 3 aliphatic rings. The van der Waals surface area contributed by atoms with Crippen LogP contribution in [0.5, 0.6) is 0 Å². The number of hydrogen-bond donors (Lipinski definition) is 1. The maximum atomic E-state index is 12.3. The first-order valence-electron chi connectivity index (χ1n) is 13.6. The second-order valence-corrected chi connectivity index (χ2v) is 11.2. The Labute approximate surface area is 252 Å². The number of nitrogens with zero attached hydrogens (tertiary/aromatic N) is 4. The van der Waals surface area contributed by atoms with Crippen molar-refractivity contribution in [2.45, 2.75) is 26.8 Å². The summed E-state index contributed by atoms with van der Waals surface area (Å²) in [6.45, 7) is 15.8. The fraction of sp³-hybridized carbons (Fsp3) is 0.467. The molecule has 0 saturated carbocycles. The third kappa shape index (κ3) is 9.26. The second-order valence-electron chi connectivity index (χ2n) is 10.3. The van der Waals surface area contributed by atoms with Crippen molar-refractivity contribution in [2.24, 2.45) is 0 Å². The van der Waals surface area contributed by atoms with Gasteiger partial charge in [0.05, 0.1) is 22.2 Å². The molecular formula is C30H40Cl2N4O5. The number of carbonyl (C=O) groups excluding carboxylic acids is 2. The zero-order valence-corrected chi connectivity index (χ0v) is 25.8. The molecule has 11 heteroatoms. The first kappa shape index (κ1) is 32.5. The first-order valence-corrected chi connectivity index (χ1v) is 14.4. The maximum Gasteiger partial charge on any atom is 0.289 e. The van der Waals surface area contributed by atoms with Crippen LogP contribution in [0.1, 0.15) is 25.8 Å². The molecule has 0 bridgehead atoms. The summed E-state index contributed by atoms with van der Waals surface area (Å²) in [5.41, 5.74) is 2.24. The minimum absolute atomic E-state index is 0.102. The number of aliphatic hydroxyl groups is 1. The van der Waals surface area contributed by atoms with Crippen LogP contribution in [0.15, 0.2) is 65.4 Å². The smallest absolute Gasteiger partial charge is 0.289 e. The van der Waals surface area contributed by atoms with Crippen molar-refractivity contribution < 1.29 is 24.2 Å². The Hall–Kier alpha value is -2.98. The average molecular weight is 608 g/mol. The van der Waals surface area contributed by atoms with Crippen LogP contribution in [-0.4, -0.2) is 103 Å². The van der Waals surface area contributed by atoms with Crippen LogP contribution in [0.3, 0.4) is 0 Å². The molecule has 224 valence electrons. The van der Waals surface area contributed by atoms with E-state index in [4.69, 9.17) is 32.7 Å². The van der Waals surface area contributed by atoms with E-state index in [1.807, 2.05) is 6.08 Å². The van der Waals surface area contributed by atoms with E-state index >= 15 is 0 Å². The standard InChI is InChI=1S/C16H26N2O2.C14H14Cl2N2O3/c1-4-17-8-5-9-18(11-10-17)12-14(2)6-7-16-15(3)19-13-20-16;1-17(6-8-3-4-10(15)11(16)5-8)13(20)9-7-18(2)14(21)12(9)19/h6-7H,3-5,8-13H2,1-2H3;3-5,19H,6-7H2,1-2H3/b14-6+,16-7+;. The molecule has 1 aromatic carbocycles. The highest BCUT2D eigenvalue weighted by atomic mass is 35.5. The summed E-state index contributed by atoms with van der Waals surface area (Å²) in [4.78, 5) is 31.5. The summed E-state index contributed by atoms with van der Waals surface area (Å²) >= 11 is 11.8. The van der Waals surface area contributed by atoms with E-state index in [0.29, 0.717) is 22.3 Å². The number of aliphatic hydroxyl groups excluding tert-OH is 1. The Morgan fingerprint density at radius 3 is 2.46 bits per heavy atom. The van der Waals surface area contributed by atoms with Gasteiger partial charge < -0.3 is 29.3 Å². The summed E-state index contributed by atoms with van der Waals surface area (Å²) in [6.07, 6.45) is 5.33. The van der Waals surface area contributed by atoms with Crippen molar-refractivity contribution in [3.63, 3.8) is 0 Å². The van der Waals surface area contributed by atoms with Crippen LogP contribution in [0.25, 0.3) is 0 Å². The Morgan fingerprint density at radius 1 is 1.15 bits per heavy atom. The lowest BCUT2D eigenvalue weighted by atomic mass is 10.2. The van der Waals surface area contributed by atoms with E-state index in [-0.39, 0.29) is 18.9 Å². The molecule has 4 rings (SSSR count). The highest BCUT2D eigenvalue weighted by molar-refractivity contribution is 6.42. The van der Waals surface area contributed by atoms with Gasteiger partial charge >= 0.3 is 0 Å². The largest absolute Gasteiger partial charge is 0.503 e. The summed E-state index contributed by atoms with van der Waals surface area (Å²) in [6, 6.07) is 5.09. The van der Waals surface area contributed by atoms with Crippen LogP contribution >= 0.6 is 23.2 Å². The van der Waals surface area contributed by atoms with Crippen molar-refractivity contribution >= 4 is 35.0 Å². The van der Waals surface area contributed by atoms with Crippen LogP contribution in [0.2, 0.25) is 10.0 Å². The van der Waals surface area contributed by atoms with E-state index in [9.17, 15) is 14.7 Å². The Bertz CT molecular complexity index is 1230. The van der Waals surface area contributed by atoms with Crippen LogP contribution < -0.4 is 0 Å². The number of likely N-dealkylation sites (N-methyl/N-ethyl adjacent to an activating group) is 3. The lowest BCUT2D eigenvalue weighted by Gasteiger charge is -2.21. The number of halogens is 2. The molecule has 41 heavy (non-hydrogen) atoms. The van der Waals surface area contributed by atoms with Crippen molar-refractivity contribution in [3.8, 4) is 0 Å². The van der Waals surface area contributed by atoms with Gasteiger partial charge in [-0.25, -0.2) is 0 Å². The van der Waals surface area contributed by atoms with Crippen molar-refractivity contribution in [1.82, 2.24) is 19.6 Å². The molecular weight excluding hydrogens is 567 g/mol. The van der Waals surface area contributed by atoms with Crippen molar-refractivity contribution in [1.29, 1.82) is 0 Å². The van der Waals surface area contributed by atoms with Crippen LogP contribution in [0, 0.1) is 0 Å². The average Bonchev–Trinajstić information content (AvgIpc) is 3.37. The topological polar surface area (TPSA) is 85.8 Å². The molecule has 0 atom stereocenters. The SMILES string of the molecule is C=C1OCO/C1=C/C=C(\C)CN1CCCN(CC)CC1.CN1CC(C(=O)N(C)Cc2ccc(Cl)c(Cl)c2)=C(O)C1=O. The van der Waals surface area contributed by atoms with Gasteiger partial charge in [0, 0.05) is 40.3 Å². The predicted octanol–water partition coefficient (Wildman–Crippen LogP) is 4.60. The van der Waals surface area contributed by atoms with Gasteiger partial charge in [-0.15, -0.1) is 0 Å². The van der Waals surface area contributed by atoms with E-state index in [1.54, 1.807) is 25.2 Å². The molecule has 9 nitrogen and oxygen atoms in total.